The number of urea groups is 1. The highest BCUT2D eigenvalue weighted by Gasteiger charge is 2.17. The number of rotatable bonds is 0. The van der Waals surface area contributed by atoms with Gasteiger partial charge in [0.2, 0.25) is 0 Å². The van der Waals surface area contributed by atoms with Crippen molar-refractivity contribution >= 4 is 23.7 Å². The maximum absolute atomic E-state index is 12.7. The standard InChI is InChI=1S/C7H4F2N2OS/c8-3-1-5-6(2-4(3)9)13-11-7(12)10-5/h1-2H,(H2,10,11,12). The van der Waals surface area contributed by atoms with Crippen LogP contribution < -0.4 is 10.0 Å². The van der Waals surface area contributed by atoms with Crippen LogP contribution in [0, 0.1) is 11.6 Å². The van der Waals surface area contributed by atoms with Crippen molar-refractivity contribution in [2.75, 3.05) is 5.32 Å². The Labute approximate surface area is 76.6 Å². The first kappa shape index (κ1) is 8.31. The minimum atomic E-state index is -0.971. The van der Waals surface area contributed by atoms with Gasteiger partial charge in [-0.05, 0) is 18.0 Å². The van der Waals surface area contributed by atoms with Crippen LogP contribution >= 0.6 is 11.9 Å². The number of halogens is 2. The predicted octanol–water partition coefficient (Wildman–Crippen LogP) is 2.11. The van der Waals surface area contributed by atoms with E-state index in [0.717, 1.165) is 24.1 Å². The quantitative estimate of drug-likeness (QED) is 0.632. The summed E-state index contributed by atoms with van der Waals surface area (Å²) in [5, 5.41) is 2.35. The van der Waals surface area contributed by atoms with E-state index in [9.17, 15) is 13.6 Å². The largest absolute Gasteiger partial charge is 0.329 e. The summed E-state index contributed by atoms with van der Waals surface area (Å²) in [6, 6.07) is 1.54. The molecule has 1 aromatic rings. The molecule has 1 aromatic carbocycles. The third-order valence-corrected chi connectivity index (χ3v) is 2.37. The molecule has 6 heteroatoms. The van der Waals surface area contributed by atoms with Gasteiger partial charge in [-0.2, -0.15) is 0 Å². The van der Waals surface area contributed by atoms with E-state index < -0.39 is 17.7 Å². The molecule has 0 saturated heterocycles. The van der Waals surface area contributed by atoms with E-state index >= 15 is 0 Å². The number of hydrogen-bond acceptors (Lipinski definition) is 2. The molecule has 0 fully saturated rings. The van der Waals surface area contributed by atoms with Crippen LogP contribution in [0.4, 0.5) is 19.3 Å². The van der Waals surface area contributed by atoms with Crippen molar-refractivity contribution in [3.05, 3.63) is 23.8 Å². The Morgan fingerprint density at radius 2 is 1.92 bits per heavy atom. The molecule has 0 aliphatic carbocycles. The molecule has 68 valence electrons. The maximum Gasteiger partial charge on any atom is 0.329 e. The smallest absolute Gasteiger partial charge is 0.306 e. The van der Waals surface area contributed by atoms with Crippen LogP contribution in [0.25, 0.3) is 0 Å². The number of nitrogens with one attached hydrogen (secondary N) is 2. The Balaban J connectivity index is 2.49. The number of fused-ring (bicyclic) bond motifs is 1. The van der Waals surface area contributed by atoms with Crippen LogP contribution in [-0.2, 0) is 0 Å². The average Bonchev–Trinajstić information content (AvgIpc) is 2.08. The van der Waals surface area contributed by atoms with Gasteiger partial charge in [-0.3, -0.25) is 4.72 Å². The molecule has 1 heterocycles. The second kappa shape index (κ2) is 2.88. The van der Waals surface area contributed by atoms with Crippen molar-refractivity contribution in [3.8, 4) is 0 Å². The van der Waals surface area contributed by atoms with E-state index in [4.69, 9.17) is 0 Å². The number of anilines is 1. The number of amides is 2. The Morgan fingerprint density at radius 3 is 2.69 bits per heavy atom. The zero-order valence-corrected chi connectivity index (χ0v) is 7.04. The Bertz CT molecular complexity index is 383. The molecular formula is C7H4F2N2OS. The van der Waals surface area contributed by atoms with Crippen LogP contribution in [0.2, 0.25) is 0 Å². The first-order valence-corrected chi connectivity index (χ1v) is 4.21. The van der Waals surface area contributed by atoms with Crippen LogP contribution in [0.1, 0.15) is 0 Å². The normalized spacial score (nSPS) is 14.5. The van der Waals surface area contributed by atoms with Crippen LogP contribution in [0.3, 0.4) is 0 Å². The van der Waals surface area contributed by atoms with Gasteiger partial charge in [-0.25, -0.2) is 13.6 Å². The van der Waals surface area contributed by atoms with Crippen molar-refractivity contribution in [2.45, 2.75) is 4.90 Å². The van der Waals surface area contributed by atoms with E-state index in [1.807, 2.05) is 0 Å². The van der Waals surface area contributed by atoms with Crippen molar-refractivity contribution < 1.29 is 13.6 Å². The molecular weight excluding hydrogens is 198 g/mol. The SMILES string of the molecule is O=C1NSc2cc(F)c(F)cc2N1. The Hall–Kier alpha value is -1.30. The maximum atomic E-state index is 12.7. The monoisotopic (exact) mass is 202 g/mol. The van der Waals surface area contributed by atoms with Crippen molar-refractivity contribution in [1.82, 2.24) is 4.72 Å². The molecule has 13 heavy (non-hydrogen) atoms. The second-order valence-electron chi connectivity index (χ2n) is 2.42. The van der Waals surface area contributed by atoms with Gasteiger partial charge in [-0.1, -0.05) is 0 Å². The van der Waals surface area contributed by atoms with Gasteiger partial charge >= 0.3 is 6.03 Å². The molecule has 3 nitrogen and oxygen atoms in total. The molecule has 0 bridgehead atoms. The van der Waals surface area contributed by atoms with Crippen molar-refractivity contribution in [1.29, 1.82) is 0 Å². The lowest BCUT2D eigenvalue weighted by Crippen LogP contribution is -2.27. The lowest BCUT2D eigenvalue weighted by atomic mass is 10.3. The highest BCUT2D eigenvalue weighted by Crippen LogP contribution is 2.30. The second-order valence-corrected chi connectivity index (χ2v) is 3.27. The van der Waals surface area contributed by atoms with Crippen LogP contribution in [-0.4, -0.2) is 6.03 Å². The number of carbonyl (C=O) groups excluding carboxylic acids is 1. The first-order chi connectivity index (χ1) is 6.16. The predicted molar refractivity (Wildman–Crippen MR) is 44.4 cm³/mol. The van der Waals surface area contributed by atoms with E-state index in [2.05, 4.69) is 10.0 Å². The summed E-state index contributed by atoms with van der Waals surface area (Å²) in [4.78, 5) is 11.2. The van der Waals surface area contributed by atoms with Gasteiger partial charge in [0.25, 0.3) is 0 Å². The third kappa shape index (κ3) is 1.44. The average molecular weight is 202 g/mol. The molecule has 2 amide bonds. The summed E-state index contributed by atoms with van der Waals surface area (Å²) < 4.78 is 27.7. The fourth-order valence-corrected chi connectivity index (χ4v) is 1.60. The van der Waals surface area contributed by atoms with Crippen molar-refractivity contribution in [2.24, 2.45) is 0 Å². The fraction of sp³-hybridized carbons (Fsp3) is 0. The van der Waals surface area contributed by atoms with Gasteiger partial charge in [0.15, 0.2) is 11.6 Å². The molecule has 0 aromatic heterocycles. The van der Waals surface area contributed by atoms with E-state index in [0.29, 0.717) is 4.90 Å². The summed E-state index contributed by atoms with van der Waals surface area (Å²) in [7, 11) is 0. The number of benzene rings is 1. The van der Waals surface area contributed by atoms with Gasteiger partial charge in [-0.15, -0.1) is 0 Å². The van der Waals surface area contributed by atoms with E-state index in [1.54, 1.807) is 0 Å². The molecule has 2 rings (SSSR count). The van der Waals surface area contributed by atoms with Gasteiger partial charge in [0, 0.05) is 6.07 Å². The molecule has 1 aliphatic rings. The molecule has 0 saturated carbocycles. The molecule has 1 aliphatic heterocycles. The topological polar surface area (TPSA) is 41.1 Å². The number of carbonyl (C=O) groups is 1. The lowest BCUT2D eigenvalue weighted by molar-refractivity contribution is 0.257. The molecule has 0 unspecified atom stereocenters. The highest BCUT2D eigenvalue weighted by molar-refractivity contribution is 7.98. The van der Waals surface area contributed by atoms with Crippen LogP contribution in [0.5, 0.6) is 0 Å². The van der Waals surface area contributed by atoms with E-state index in [1.165, 1.54) is 0 Å². The minimum Gasteiger partial charge on any atom is -0.306 e. The fourth-order valence-electron chi connectivity index (χ4n) is 0.960. The first-order valence-electron chi connectivity index (χ1n) is 3.40. The molecule has 0 atom stereocenters. The minimum absolute atomic E-state index is 0.285. The summed E-state index contributed by atoms with van der Waals surface area (Å²) >= 11 is 0.951. The van der Waals surface area contributed by atoms with Crippen molar-refractivity contribution in [3.63, 3.8) is 0 Å². The zero-order chi connectivity index (χ0) is 9.42. The number of hydrogen-bond donors (Lipinski definition) is 2. The molecule has 0 radical (unpaired) electrons. The Kier molecular flexibility index (Phi) is 1.84. The summed E-state index contributed by atoms with van der Waals surface area (Å²) in [5.74, 6) is -1.90. The van der Waals surface area contributed by atoms with Gasteiger partial charge < -0.3 is 5.32 Å². The third-order valence-electron chi connectivity index (χ3n) is 1.52. The van der Waals surface area contributed by atoms with Gasteiger partial charge in [0.1, 0.15) is 0 Å². The lowest BCUT2D eigenvalue weighted by Gasteiger charge is -2.16. The highest BCUT2D eigenvalue weighted by atomic mass is 32.2. The Morgan fingerprint density at radius 1 is 1.23 bits per heavy atom. The summed E-state index contributed by atoms with van der Waals surface area (Å²) in [5.41, 5.74) is 0.285. The van der Waals surface area contributed by atoms with Crippen LogP contribution in [0.15, 0.2) is 17.0 Å². The molecule has 2 N–H and O–H groups in total. The zero-order valence-electron chi connectivity index (χ0n) is 6.23. The van der Waals surface area contributed by atoms with Gasteiger partial charge in [0.05, 0.1) is 10.6 Å². The van der Waals surface area contributed by atoms with E-state index in [-0.39, 0.29) is 5.69 Å². The summed E-state index contributed by atoms with van der Waals surface area (Å²) in [6.07, 6.45) is 0. The summed E-state index contributed by atoms with van der Waals surface area (Å²) in [6.45, 7) is 0. The molecule has 0 spiro atoms.